The number of allylic oxidation sites excluding steroid dienone is 5. The van der Waals surface area contributed by atoms with Crippen molar-refractivity contribution in [2.24, 2.45) is 0 Å². The quantitative estimate of drug-likeness (QED) is 0.128. The monoisotopic (exact) mass is 638 g/mol. The highest BCUT2D eigenvalue weighted by Crippen LogP contribution is 2.39. The molecule has 0 saturated carbocycles. The van der Waals surface area contributed by atoms with Gasteiger partial charge in [-0.15, -0.1) is 0 Å². The summed E-state index contributed by atoms with van der Waals surface area (Å²) < 4.78 is 0. The van der Waals surface area contributed by atoms with E-state index in [9.17, 15) is 9.90 Å². The molecule has 3 N–H and O–H groups in total. The van der Waals surface area contributed by atoms with Crippen molar-refractivity contribution in [3.8, 4) is 5.75 Å². The molecule has 0 heterocycles. The van der Waals surface area contributed by atoms with Crippen LogP contribution in [-0.2, 0) is 17.8 Å². The van der Waals surface area contributed by atoms with Crippen LogP contribution in [0.25, 0.3) is 11.3 Å². The van der Waals surface area contributed by atoms with Crippen molar-refractivity contribution in [3.05, 3.63) is 148 Å². The van der Waals surface area contributed by atoms with Crippen LogP contribution in [0.15, 0.2) is 126 Å². The molecule has 3 aromatic rings. The maximum Gasteiger partial charge on any atom is 0.305 e. The second-order valence-corrected chi connectivity index (χ2v) is 11.6. The number of hydrogen-bond acceptors (Lipinski definition) is 5. The molecule has 6 heteroatoms. The summed E-state index contributed by atoms with van der Waals surface area (Å²) in [5.74, 6) is -0.582. The van der Waals surface area contributed by atoms with Gasteiger partial charge in [0.2, 0.25) is 0 Å². The number of nitrogens with one attached hydrogen (secondary N) is 1. The Labute approximate surface area is 280 Å². The normalized spacial score (nSPS) is 11.7. The zero-order valence-electron chi connectivity index (χ0n) is 28.1. The number of nitrogens with zero attached hydrogens (tertiary/aromatic N) is 1. The summed E-state index contributed by atoms with van der Waals surface area (Å²) in [6, 6.07) is 26.0. The number of hydrogen-bond donors (Lipinski definition) is 3. The fraction of sp³-hybridized carbons (Fsp3) is 0.275. The van der Waals surface area contributed by atoms with Crippen molar-refractivity contribution in [2.75, 3.05) is 13.1 Å². The van der Waals surface area contributed by atoms with Gasteiger partial charge in [-0.05, 0) is 72.2 Å². The summed E-state index contributed by atoms with van der Waals surface area (Å²) in [6.45, 7) is 20.8. The van der Waals surface area contributed by atoms with Crippen LogP contribution in [0, 0.1) is 0 Å². The lowest BCUT2D eigenvalue weighted by Crippen LogP contribution is -2.24. The number of carboxylic acids is 1. The number of aliphatic carboxylic acids is 1. The smallest absolute Gasteiger partial charge is 0.305 e. The molecule has 0 radical (unpaired) electrons. The van der Waals surface area contributed by atoms with E-state index >= 15 is 0 Å². The van der Waals surface area contributed by atoms with Gasteiger partial charge in [0, 0.05) is 30.2 Å². The highest BCUT2D eigenvalue weighted by atomic mass is 32.2. The average molecular weight is 639 g/mol. The van der Waals surface area contributed by atoms with Crippen LogP contribution in [0.5, 0.6) is 5.75 Å². The summed E-state index contributed by atoms with van der Waals surface area (Å²) in [5.41, 5.74) is 7.45. The van der Waals surface area contributed by atoms with Gasteiger partial charge in [-0.1, -0.05) is 131 Å². The Morgan fingerprint density at radius 2 is 1.57 bits per heavy atom. The van der Waals surface area contributed by atoms with Gasteiger partial charge in [-0.2, -0.15) is 0 Å². The number of phenols is 1. The predicted molar refractivity (Wildman–Crippen MR) is 198 cm³/mol. The molecule has 46 heavy (non-hydrogen) atoms. The highest BCUT2D eigenvalue weighted by Gasteiger charge is 2.17. The number of carbonyl (C=O) groups is 1. The van der Waals surface area contributed by atoms with E-state index in [0.29, 0.717) is 18.8 Å². The molecule has 0 spiro atoms. The molecule has 0 aliphatic heterocycles. The maximum atomic E-state index is 10.9. The maximum absolute atomic E-state index is 10.9. The third-order valence-electron chi connectivity index (χ3n) is 7.11. The summed E-state index contributed by atoms with van der Waals surface area (Å²) in [6.07, 6.45) is 8.27. The lowest BCUT2D eigenvalue weighted by atomic mass is 10.0. The summed E-state index contributed by atoms with van der Waals surface area (Å²) in [4.78, 5) is 14.3. The number of benzene rings is 3. The molecule has 0 aliphatic carbocycles. The molecule has 244 valence electrons. The Hall–Kier alpha value is -4.42. The number of thioether (sulfide) groups is 1. The van der Waals surface area contributed by atoms with Gasteiger partial charge in [0.05, 0.1) is 11.4 Å². The Balaban J connectivity index is 0.00000361. The van der Waals surface area contributed by atoms with Gasteiger partial charge in [-0.3, -0.25) is 4.79 Å². The first-order valence-corrected chi connectivity index (χ1v) is 16.8. The van der Waals surface area contributed by atoms with Crippen molar-refractivity contribution in [2.45, 2.75) is 60.4 Å². The molecule has 3 rings (SSSR count). The predicted octanol–water partition coefficient (Wildman–Crippen LogP) is 10.0. The molecule has 0 aliphatic rings. The Bertz CT molecular complexity index is 1490. The van der Waals surface area contributed by atoms with E-state index in [4.69, 9.17) is 5.11 Å². The fourth-order valence-electron chi connectivity index (χ4n) is 4.66. The van der Waals surface area contributed by atoms with Crippen LogP contribution in [0.3, 0.4) is 0 Å². The second kappa shape index (κ2) is 20.6. The zero-order valence-corrected chi connectivity index (χ0v) is 28.9. The molecule has 0 amide bonds. The molecule has 0 atom stereocenters. The third-order valence-corrected chi connectivity index (χ3v) is 8.35. The van der Waals surface area contributed by atoms with E-state index in [2.05, 4.69) is 91.8 Å². The number of rotatable bonds is 17. The molecule has 0 aromatic heterocycles. The van der Waals surface area contributed by atoms with Crippen molar-refractivity contribution >= 4 is 29.0 Å². The fourth-order valence-corrected chi connectivity index (χ4v) is 5.72. The van der Waals surface area contributed by atoms with Crippen molar-refractivity contribution < 1.29 is 15.0 Å². The van der Waals surface area contributed by atoms with Crippen LogP contribution >= 0.6 is 11.8 Å². The molecule has 5 nitrogen and oxygen atoms in total. The van der Waals surface area contributed by atoms with Gasteiger partial charge in [-0.25, -0.2) is 0 Å². The molecule has 0 bridgehead atoms. The summed E-state index contributed by atoms with van der Waals surface area (Å²) in [7, 11) is 0. The van der Waals surface area contributed by atoms with Gasteiger partial charge in [0.1, 0.15) is 5.75 Å². The Kier molecular flexibility index (Phi) is 16.9. The largest absolute Gasteiger partial charge is 0.508 e. The van der Waals surface area contributed by atoms with E-state index in [1.165, 1.54) is 21.6 Å². The minimum Gasteiger partial charge on any atom is -0.508 e. The van der Waals surface area contributed by atoms with Gasteiger partial charge >= 0.3 is 5.97 Å². The van der Waals surface area contributed by atoms with Crippen LogP contribution in [0.1, 0.15) is 69.7 Å². The van der Waals surface area contributed by atoms with Crippen LogP contribution < -0.4 is 5.32 Å². The second-order valence-electron chi connectivity index (χ2n) is 10.5. The van der Waals surface area contributed by atoms with E-state index < -0.39 is 5.97 Å². The Morgan fingerprint density at radius 1 is 0.935 bits per heavy atom. The number of aromatic hydroxyl groups is 1. The molecular formula is C40H50N2O3S. The zero-order chi connectivity index (χ0) is 33.9. The van der Waals surface area contributed by atoms with Crippen LogP contribution in [-0.4, -0.2) is 34.2 Å². The lowest BCUT2D eigenvalue weighted by Gasteiger charge is -2.28. The standard InChI is InChI=1S/C38H44N2O3S.C2H6/c1-6-11-35(12-7-2)38(28(3)33-13-9-8-10-14-33)44-30(5)40(26-24-31-17-21-36(41)22-18-31)27-32-15-19-34(20-16-32)29(4)39-25-23-37(42)43;1-2/h6,8-22,39,41H,4-5,7,23-27H2,1-3H3,(H,42,43);1-2H3/b11-6-,35-12+,38-28+;. The number of phenolic OH excluding ortho intramolecular Hbond substituents is 1. The van der Waals surface area contributed by atoms with E-state index in [1.807, 2.05) is 51.1 Å². The topological polar surface area (TPSA) is 72.8 Å². The number of carboxylic acid groups (broad SMARTS) is 1. The first-order valence-electron chi connectivity index (χ1n) is 15.9. The van der Waals surface area contributed by atoms with Crippen molar-refractivity contribution in [1.29, 1.82) is 0 Å². The molecule has 0 fully saturated rings. The average Bonchev–Trinajstić information content (AvgIpc) is 3.07. The van der Waals surface area contributed by atoms with Crippen LogP contribution in [0.4, 0.5) is 0 Å². The lowest BCUT2D eigenvalue weighted by molar-refractivity contribution is -0.136. The molecule has 0 saturated heterocycles. The van der Waals surface area contributed by atoms with Gasteiger partial charge in [0.15, 0.2) is 0 Å². The van der Waals surface area contributed by atoms with Crippen LogP contribution in [0.2, 0.25) is 0 Å². The van der Waals surface area contributed by atoms with Gasteiger partial charge in [0.25, 0.3) is 0 Å². The third kappa shape index (κ3) is 12.5. The van der Waals surface area contributed by atoms with E-state index in [1.54, 1.807) is 23.9 Å². The molecular weight excluding hydrogens is 589 g/mol. The van der Waals surface area contributed by atoms with Crippen molar-refractivity contribution in [1.82, 2.24) is 10.2 Å². The minimum atomic E-state index is -0.842. The van der Waals surface area contributed by atoms with E-state index in [0.717, 1.165) is 41.1 Å². The first kappa shape index (κ1) is 37.8. The molecule has 0 unspecified atom stereocenters. The summed E-state index contributed by atoms with van der Waals surface area (Å²) >= 11 is 1.70. The summed E-state index contributed by atoms with van der Waals surface area (Å²) in [5, 5.41) is 22.7. The molecule has 3 aromatic carbocycles. The van der Waals surface area contributed by atoms with Gasteiger partial charge < -0.3 is 20.4 Å². The first-order chi connectivity index (χ1) is 22.2. The SMILES string of the molecule is C=C(NCCC(=O)O)c1ccc(CN(CCc2ccc(O)cc2)C(=C)SC(/C(/C=C\C)=C/CC)=C(\C)c2ccccc2)cc1.CC. The van der Waals surface area contributed by atoms with Crippen molar-refractivity contribution in [3.63, 3.8) is 0 Å². The van der Waals surface area contributed by atoms with E-state index in [-0.39, 0.29) is 12.2 Å². The Morgan fingerprint density at radius 3 is 2.15 bits per heavy atom. The minimum absolute atomic E-state index is 0.0380. The highest BCUT2D eigenvalue weighted by molar-refractivity contribution is 8.07.